The van der Waals surface area contributed by atoms with Crippen LogP contribution in [0.4, 0.5) is 0 Å². The smallest absolute Gasteiger partial charge is 0.122 e. The lowest BCUT2D eigenvalue weighted by molar-refractivity contribution is 0.199. The summed E-state index contributed by atoms with van der Waals surface area (Å²) in [4.78, 5) is 8.33. The molecule has 0 aliphatic rings. The van der Waals surface area contributed by atoms with Gasteiger partial charge in [-0.1, -0.05) is 0 Å². The van der Waals surface area contributed by atoms with Gasteiger partial charge in [-0.3, -0.25) is 4.98 Å². The van der Waals surface area contributed by atoms with Crippen LogP contribution in [0.1, 0.15) is 18.0 Å². The molecular weight excluding hydrogens is 196 g/mol. The minimum atomic E-state index is -0.495. The molecule has 1 unspecified atom stereocenters. The topological polar surface area (TPSA) is 46.0 Å². The van der Waals surface area contributed by atoms with E-state index in [0.29, 0.717) is 0 Å². The zero-order valence-corrected chi connectivity index (χ0v) is 8.53. The standard InChI is InChI=1S/C10H10N2OS/c1-7(13)10-12-9(6-14-10)8-3-2-4-11-5-8/h2-7,13H,1H3. The fraction of sp³-hybridized carbons (Fsp3) is 0.200. The van der Waals surface area contributed by atoms with Gasteiger partial charge in [0.15, 0.2) is 0 Å². The molecule has 14 heavy (non-hydrogen) atoms. The van der Waals surface area contributed by atoms with Gasteiger partial charge in [-0.05, 0) is 19.1 Å². The van der Waals surface area contributed by atoms with Crippen LogP contribution in [0, 0.1) is 0 Å². The molecule has 2 rings (SSSR count). The largest absolute Gasteiger partial charge is 0.386 e. The zero-order valence-electron chi connectivity index (χ0n) is 7.71. The molecule has 2 aromatic heterocycles. The highest BCUT2D eigenvalue weighted by Gasteiger charge is 2.07. The van der Waals surface area contributed by atoms with Crippen LogP contribution in [-0.2, 0) is 0 Å². The van der Waals surface area contributed by atoms with Gasteiger partial charge in [0.05, 0.1) is 5.69 Å². The van der Waals surface area contributed by atoms with Gasteiger partial charge < -0.3 is 5.11 Å². The third-order valence-corrected chi connectivity index (χ3v) is 2.85. The molecule has 1 N–H and O–H groups in total. The number of aliphatic hydroxyl groups excluding tert-OH is 1. The third-order valence-electron chi connectivity index (χ3n) is 1.84. The summed E-state index contributed by atoms with van der Waals surface area (Å²) in [6.45, 7) is 1.71. The van der Waals surface area contributed by atoms with Gasteiger partial charge >= 0.3 is 0 Å². The van der Waals surface area contributed by atoms with Crippen molar-refractivity contribution in [1.82, 2.24) is 9.97 Å². The van der Waals surface area contributed by atoms with Crippen LogP contribution in [0.15, 0.2) is 29.9 Å². The van der Waals surface area contributed by atoms with Crippen LogP contribution in [0.2, 0.25) is 0 Å². The van der Waals surface area contributed by atoms with E-state index < -0.39 is 6.10 Å². The molecule has 72 valence electrons. The van der Waals surface area contributed by atoms with Crippen LogP contribution in [-0.4, -0.2) is 15.1 Å². The van der Waals surface area contributed by atoms with Crippen LogP contribution in [0.3, 0.4) is 0 Å². The Labute approximate surface area is 86.1 Å². The molecule has 2 aromatic rings. The summed E-state index contributed by atoms with van der Waals surface area (Å²) < 4.78 is 0. The molecule has 0 saturated carbocycles. The van der Waals surface area contributed by atoms with Crippen molar-refractivity contribution in [1.29, 1.82) is 0 Å². The second-order valence-corrected chi connectivity index (χ2v) is 3.88. The first-order valence-corrected chi connectivity index (χ1v) is 5.19. The van der Waals surface area contributed by atoms with E-state index in [4.69, 9.17) is 0 Å². The quantitative estimate of drug-likeness (QED) is 0.819. The summed E-state index contributed by atoms with van der Waals surface area (Å²) in [7, 11) is 0. The van der Waals surface area contributed by atoms with E-state index in [0.717, 1.165) is 16.3 Å². The van der Waals surface area contributed by atoms with E-state index in [1.807, 2.05) is 17.5 Å². The highest BCUT2D eigenvalue weighted by Crippen LogP contribution is 2.24. The molecule has 1 atom stereocenters. The Hall–Kier alpha value is -1.26. The summed E-state index contributed by atoms with van der Waals surface area (Å²) in [6.07, 6.45) is 3.00. The lowest BCUT2D eigenvalue weighted by atomic mass is 10.2. The number of rotatable bonds is 2. The fourth-order valence-corrected chi connectivity index (χ4v) is 1.90. The number of hydrogen-bond donors (Lipinski definition) is 1. The summed E-state index contributed by atoms with van der Waals surface area (Å²) in [5, 5.41) is 12.0. The van der Waals surface area contributed by atoms with E-state index in [2.05, 4.69) is 9.97 Å². The van der Waals surface area contributed by atoms with Gasteiger partial charge in [-0.15, -0.1) is 11.3 Å². The van der Waals surface area contributed by atoms with E-state index in [-0.39, 0.29) is 0 Å². The molecule has 2 heterocycles. The molecule has 0 amide bonds. The molecule has 0 spiro atoms. The van der Waals surface area contributed by atoms with Crippen molar-refractivity contribution in [3.05, 3.63) is 34.9 Å². The van der Waals surface area contributed by atoms with Crippen molar-refractivity contribution in [3.63, 3.8) is 0 Å². The molecule has 0 radical (unpaired) electrons. The van der Waals surface area contributed by atoms with Gasteiger partial charge in [0.1, 0.15) is 11.1 Å². The maximum absolute atomic E-state index is 9.32. The molecular formula is C10H10N2OS. The molecule has 0 saturated heterocycles. The SMILES string of the molecule is CC(O)c1nc(-c2cccnc2)cs1. The van der Waals surface area contributed by atoms with E-state index in [1.54, 1.807) is 19.3 Å². The normalized spacial score (nSPS) is 12.7. The second kappa shape index (κ2) is 3.86. The third kappa shape index (κ3) is 1.81. The molecule has 0 bridgehead atoms. The Balaban J connectivity index is 2.34. The Morgan fingerprint density at radius 3 is 2.93 bits per heavy atom. The van der Waals surface area contributed by atoms with Crippen LogP contribution in [0.5, 0.6) is 0 Å². The summed E-state index contributed by atoms with van der Waals surface area (Å²) >= 11 is 1.46. The summed E-state index contributed by atoms with van der Waals surface area (Å²) in [5.74, 6) is 0. The molecule has 4 heteroatoms. The highest BCUT2D eigenvalue weighted by atomic mass is 32.1. The number of nitrogens with zero attached hydrogens (tertiary/aromatic N) is 2. The second-order valence-electron chi connectivity index (χ2n) is 2.99. The number of aromatic nitrogens is 2. The minimum absolute atomic E-state index is 0.495. The number of hydrogen-bond acceptors (Lipinski definition) is 4. The first kappa shape index (κ1) is 9.30. The van der Waals surface area contributed by atoms with Crippen LogP contribution < -0.4 is 0 Å². The molecule has 0 aliphatic carbocycles. The van der Waals surface area contributed by atoms with E-state index >= 15 is 0 Å². The molecule has 0 fully saturated rings. The van der Waals surface area contributed by atoms with Gasteiger partial charge in [0.2, 0.25) is 0 Å². The van der Waals surface area contributed by atoms with Crippen molar-refractivity contribution in [2.45, 2.75) is 13.0 Å². The molecule has 0 aromatic carbocycles. The maximum atomic E-state index is 9.32. The Kier molecular flexibility index (Phi) is 2.56. The number of thiazole rings is 1. The number of pyridine rings is 1. The lowest BCUT2D eigenvalue weighted by Gasteiger charge is -1.96. The minimum Gasteiger partial charge on any atom is -0.386 e. The first-order valence-electron chi connectivity index (χ1n) is 4.31. The van der Waals surface area contributed by atoms with Crippen molar-refractivity contribution >= 4 is 11.3 Å². The van der Waals surface area contributed by atoms with Crippen molar-refractivity contribution < 1.29 is 5.11 Å². The highest BCUT2D eigenvalue weighted by molar-refractivity contribution is 7.10. The summed E-state index contributed by atoms with van der Waals surface area (Å²) in [6, 6.07) is 3.82. The van der Waals surface area contributed by atoms with Gasteiger partial charge in [-0.25, -0.2) is 4.98 Å². The average molecular weight is 206 g/mol. The predicted molar refractivity (Wildman–Crippen MR) is 56.0 cm³/mol. The van der Waals surface area contributed by atoms with Gasteiger partial charge in [-0.2, -0.15) is 0 Å². The average Bonchev–Trinajstić information content (AvgIpc) is 2.68. The monoisotopic (exact) mass is 206 g/mol. The Bertz CT molecular complexity index is 411. The molecule has 3 nitrogen and oxygen atoms in total. The van der Waals surface area contributed by atoms with Crippen molar-refractivity contribution in [2.24, 2.45) is 0 Å². The van der Waals surface area contributed by atoms with E-state index in [1.165, 1.54) is 11.3 Å². The Morgan fingerprint density at radius 1 is 1.50 bits per heavy atom. The fourth-order valence-electron chi connectivity index (χ4n) is 1.13. The van der Waals surface area contributed by atoms with Gasteiger partial charge in [0.25, 0.3) is 0 Å². The first-order chi connectivity index (χ1) is 6.77. The lowest BCUT2D eigenvalue weighted by Crippen LogP contribution is -1.89. The Morgan fingerprint density at radius 2 is 2.36 bits per heavy atom. The number of aliphatic hydroxyl groups is 1. The molecule has 0 aliphatic heterocycles. The van der Waals surface area contributed by atoms with Gasteiger partial charge in [0, 0.05) is 23.3 Å². The maximum Gasteiger partial charge on any atom is 0.122 e. The van der Waals surface area contributed by atoms with Crippen LogP contribution >= 0.6 is 11.3 Å². The predicted octanol–water partition coefficient (Wildman–Crippen LogP) is 2.26. The summed E-state index contributed by atoms with van der Waals surface area (Å²) in [5.41, 5.74) is 1.86. The van der Waals surface area contributed by atoms with Crippen molar-refractivity contribution in [2.75, 3.05) is 0 Å². The zero-order chi connectivity index (χ0) is 9.97. The van der Waals surface area contributed by atoms with Crippen LogP contribution in [0.25, 0.3) is 11.3 Å². The van der Waals surface area contributed by atoms with Crippen molar-refractivity contribution in [3.8, 4) is 11.3 Å². The van der Waals surface area contributed by atoms with E-state index in [9.17, 15) is 5.11 Å².